The molecule has 0 spiro atoms. The van der Waals surface area contributed by atoms with Gasteiger partial charge in [-0.1, -0.05) is 30.3 Å². The van der Waals surface area contributed by atoms with Crippen molar-refractivity contribution in [1.82, 2.24) is 23.9 Å². The third kappa shape index (κ3) is 3.12. The normalized spacial score (nSPS) is 30.2. The van der Waals surface area contributed by atoms with Crippen LogP contribution in [0.25, 0.3) is 28.2 Å². The van der Waals surface area contributed by atoms with E-state index < -0.39 is 31.3 Å². The van der Waals surface area contributed by atoms with E-state index in [0.717, 1.165) is 11.3 Å². The zero-order valence-corrected chi connectivity index (χ0v) is 19.3. The number of aliphatic hydroxyl groups is 1. The van der Waals surface area contributed by atoms with Gasteiger partial charge >= 0.3 is 6.72 Å². The zero-order chi connectivity index (χ0) is 22.2. The van der Waals surface area contributed by atoms with Crippen LogP contribution in [-0.4, -0.2) is 58.8 Å². The molecule has 1 aromatic carbocycles. The van der Waals surface area contributed by atoms with Gasteiger partial charge in [-0.2, -0.15) is 4.98 Å². The average Bonchev–Trinajstić information content (AvgIpc) is 3.43. The van der Waals surface area contributed by atoms with Gasteiger partial charge in [0.15, 0.2) is 22.1 Å². The number of hydrogen-bond acceptors (Lipinski definition) is 8. The molecule has 2 aliphatic rings. The smallest absolute Gasteiger partial charge is 0.325 e. The molecule has 2 saturated heterocycles. The van der Waals surface area contributed by atoms with Crippen molar-refractivity contribution >= 4 is 51.4 Å². The summed E-state index contributed by atoms with van der Waals surface area (Å²) in [5, 5.41) is 10.9. The number of benzene rings is 1. The lowest BCUT2D eigenvalue weighted by molar-refractivity contribution is -0.0600. The van der Waals surface area contributed by atoms with Gasteiger partial charge in [-0.05, 0) is 33.3 Å². The summed E-state index contributed by atoms with van der Waals surface area (Å²) in [6.07, 6.45) is -2.05. The Balaban J connectivity index is 1.48. The second-order valence-electron chi connectivity index (χ2n) is 7.46. The van der Waals surface area contributed by atoms with E-state index in [2.05, 4.69) is 30.9 Å². The molecule has 0 saturated carbocycles. The largest absolute Gasteiger partial charge is 0.386 e. The molecule has 32 heavy (non-hydrogen) atoms. The quantitative estimate of drug-likeness (QED) is 0.256. The van der Waals surface area contributed by atoms with E-state index in [-0.39, 0.29) is 28.1 Å². The van der Waals surface area contributed by atoms with Gasteiger partial charge in [0.25, 0.3) is 5.56 Å². The number of aromatic amines is 1. The molecule has 2 aliphatic heterocycles. The molecular formula is C18H15BrN5O6PS. The Morgan fingerprint density at radius 1 is 1.28 bits per heavy atom. The molecule has 14 heteroatoms. The molecule has 166 valence electrons. The number of rotatable bonds is 2. The van der Waals surface area contributed by atoms with Crippen molar-refractivity contribution < 1.29 is 23.8 Å². The van der Waals surface area contributed by atoms with Crippen LogP contribution in [0, 0.1) is 0 Å². The summed E-state index contributed by atoms with van der Waals surface area (Å²) in [4.78, 5) is 35.2. The zero-order valence-electron chi connectivity index (χ0n) is 16.0. The first-order chi connectivity index (χ1) is 15.3. The molecule has 0 bridgehead atoms. The number of nitrogens with zero attached hydrogens (tertiary/aromatic N) is 4. The van der Waals surface area contributed by atoms with Gasteiger partial charge in [0.1, 0.15) is 18.3 Å². The van der Waals surface area contributed by atoms with Crippen LogP contribution in [0.5, 0.6) is 0 Å². The van der Waals surface area contributed by atoms with Gasteiger partial charge < -0.3 is 24.2 Å². The number of aromatic nitrogens is 5. The fourth-order valence-corrected chi connectivity index (χ4v) is 6.03. The monoisotopic (exact) mass is 539 g/mol. The minimum Gasteiger partial charge on any atom is -0.386 e. The molecule has 0 aliphatic carbocycles. The summed E-state index contributed by atoms with van der Waals surface area (Å²) < 4.78 is 19.6. The van der Waals surface area contributed by atoms with Crippen LogP contribution in [0.3, 0.4) is 0 Å². The number of ether oxygens (including phenoxy) is 1. The Kier molecular flexibility index (Phi) is 4.69. The number of hydrogen-bond donors (Lipinski definition) is 3. The first-order valence-electron chi connectivity index (χ1n) is 9.56. The number of halogens is 1. The van der Waals surface area contributed by atoms with Gasteiger partial charge in [0, 0.05) is 6.20 Å². The maximum absolute atomic E-state index is 13.1. The number of aliphatic hydroxyl groups excluding tert-OH is 1. The molecule has 11 nitrogen and oxygen atoms in total. The molecule has 5 atom stereocenters. The van der Waals surface area contributed by atoms with Crippen molar-refractivity contribution in [3.63, 3.8) is 0 Å². The predicted molar refractivity (Wildman–Crippen MR) is 119 cm³/mol. The first-order valence-corrected chi connectivity index (χ1v) is 12.9. The van der Waals surface area contributed by atoms with E-state index in [1.165, 1.54) is 8.97 Å². The van der Waals surface area contributed by atoms with Gasteiger partial charge in [0.05, 0.1) is 12.3 Å². The third-order valence-corrected chi connectivity index (χ3v) is 7.63. The van der Waals surface area contributed by atoms with Crippen LogP contribution in [0.1, 0.15) is 6.23 Å². The summed E-state index contributed by atoms with van der Waals surface area (Å²) >= 11 is 8.24. The predicted octanol–water partition coefficient (Wildman–Crippen LogP) is 1.69. The second kappa shape index (κ2) is 7.27. The Hall–Kier alpha value is -1.96. The lowest BCUT2D eigenvalue weighted by atomic mass is 10.1. The van der Waals surface area contributed by atoms with Gasteiger partial charge in [-0.15, -0.1) is 0 Å². The van der Waals surface area contributed by atoms with Gasteiger partial charge in [0.2, 0.25) is 5.78 Å². The van der Waals surface area contributed by atoms with Crippen molar-refractivity contribution in [1.29, 1.82) is 0 Å². The lowest BCUT2D eigenvalue weighted by Crippen LogP contribution is -2.39. The molecule has 2 fully saturated rings. The highest BCUT2D eigenvalue weighted by Gasteiger charge is 2.51. The average molecular weight is 540 g/mol. The van der Waals surface area contributed by atoms with E-state index in [4.69, 9.17) is 25.6 Å². The summed E-state index contributed by atoms with van der Waals surface area (Å²) in [5.74, 6) is 0.311. The number of imidazole rings is 2. The molecule has 0 radical (unpaired) electrons. The van der Waals surface area contributed by atoms with Crippen molar-refractivity contribution in [2.24, 2.45) is 0 Å². The van der Waals surface area contributed by atoms with Gasteiger partial charge in [-0.25, -0.2) is 9.38 Å². The fourth-order valence-electron chi connectivity index (χ4n) is 4.04. The van der Waals surface area contributed by atoms with Crippen LogP contribution in [0.15, 0.2) is 46.1 Å². The topological polar surface area (TPSA) is 136 Å². The van der Waals surface area contributed by atoms with E-state index in [9.17, 15) is 14.8 Å². The van der Waals surface area contributed by atoms with E-state index in [1.807, 2.05) is 30.3 Å². The summed E-state index contributed by atoms with van der Waals surface area (Å²) in [5.41, 5.74) is 1.56. The maximum Gasteiger partial charge on any atom is 0.325 e. The number of H-pyrrole nitrogens is 1. The highest BCUT2D eigenvalue weighted by atomic mass is 79.9. The van der Waals surface area contributed by atoms with E-state index in [0.29, 0.717) is 5.78 Å². The fraction of sp³-hybridized carbons (Fsp3) is 0.278. The molecule has 5 heterocycles. The maximum atomic E-state index is 13.1. The highest BCUT2D eigenvalue weighted by Crippen LogP contribution is 2.53. The highest BCUT2D eigenvalue weighted by molar-refractivity contribution is 9.10. The van der Waals surface area contributed by atoms with Crippen LogP contribution < -0.4 is 5.56 Å². The van der Waals surface area contributed by atoms with Crippen LogP contribution in [0.4, 0.5) is 0 Å². The second-order valence-corrected chi connectivity index (χ2v) is 11.0. The first kappa shape index (κ1) is 20.6. The number of nitrogens with one attached hydrogen (secondary N) is 1. The summed E-state index contributed by atoms with van der Waals surface area (Å²) in [6.45, 7) is -3.46. The summed E-state index contributed by atoms with van der Waals surface area (Å²) in [6, 6.07) is 9.54. The van der Waals surface area contributed by atoms with Gasteiger partial charge in [-0.3, -0.25) is 13.9 Å². The molecule has 3 unspecified atom stereocenters. The van der Waals surface area contributed by atoms with Crippen molar-refractivity contribution in [2.75, 3.05) is 6.61 Å². The third-order valence-electron chi connectivity index (χ3n) is 5.51. The summed E-state index contributed by atoms with van der Waals surface area (Å²) in [7, 11) is 0. The van der Waals surface area contributed by atoms with Crippen LogP contribution >= 0.6 is 22.6 Å². The molecule has 6 rings (SSSR count). The lowest BCUT2D eigenvalue weighted by Gasteiger charge is -2.30. The molecule has 4 aromatic rings. The van der Waals surface area contributed by atoms with Crippen LogP contribution in [-0.2, 0) is 25.6 Å². The number of fused-ring (bicyclic) bond motifs is 3. The van der Waals surface area contributed by atoms with E-state index >= 15 is 0 Å². The molecular weight excluding hydrogens is 525 g/mol. The van der Waals surface area contributed by atoms with Crippen molar-refractivity contribution in [3.05, 3.63) is 51.6 Å². The molecule has 3 N–H and O–H groups in total. The Morgan fingerprint density at radius 3 is 2.84 bits per heavy atom. The minimum absolute atomic E-state index is 0.0202. The van der Waals surface area contributed by atoms with E-state index in [1.54, 1.807) is 6.20 Å². The van der Waals surface area contributed by atoms with Crippen LogP contribution in [0.2, 0.25) is 0 Å². The Labute approximate surface area is 193 Å². The minimum atomic E-state index is -3.44. The standard InChI is InChI=1S/C18H15BrN5O6PS/c19-17-21-11-14(24(17)16-12(25)13-10(29-16)7-28-31(27,32)30-13)22-18-20-9(6-23(18)15(11)26)8-4-2-1-3-5-8/h1-6,10,12-13,16,25H,7H2,(H,20,22)(H,27,32)/t10?,12-,13?,16+,31?/m0/s1. The van der Waals surface area contributed by atoms with Crippen molar-refractivity contribution in [2.45, 2.75) is 24.5 Å². The Morgan fingerprint density at radius 2 is 2.06 bits per heavy atom. The van der Waals surface area contributed by atoms with Crippen molar-refractivity contribution in [3.8, 4) is 11.3 Å². The molecule has 3 aromatic heterocycles. The SMILES string of the molecule is O=c1c2nc(Br)n([C@@H]3OC4COP(O)(=S)OC4[C@@H]3O)c2nc2[nH]c(-c3ccccc3)cn12. The molecule has 0 amide bonds. The Bertz CT molecular complexity index is 1470.